The van der Waals surface area contributed by atoms with Crippen LogP contribution in [0.25, 0.3) is 22.0 Å². The molecular formula is C20H18AsN3. The fourth-order valence-electron chi connectivity index (χ4n) is 3.08. The first-order chi connectivity index (χ1) is 11.8. The summed E-state index contributed by atoms with van der Waals surface area (Å²) in [7, 11) is 0. The molecule has 0 amide bonds. The van der Waals surface area contributed by atoms with E-state index >= 15 is 0 Å². The van der Waals surface area contributed by atoms with E-state index in [1.165, 1.54) is 22.8 Å². The van der Waals surface area contributed by atoms with Crippen LogP contribution in [0.3, 0.4) is 0 Å². The Morgan fingerprint density at radius 2 is 1.88 bits per heavy atom. The molecule has 118 valence electrons. The number of nitriles is 1. The second-order valence-corrected chi connectivity index (χ2v) is 9.97. The van der Waals surface area contributed by atoms with E-state index in [0.717, 1.165) is 27.1 Å². The Hall–Kier alpha value is -2.17. The molecule has 1 fully saturated rings. The molecule has 4 rings (SSSR count). The van der Waals surface area contributed by atoms with Gasteiger partial charge in [0.1, 0.15) is 0 Å². The summed E-state index contributed by atoms with van der Waals surface area (Å²) < 4.78 is 1.90. The molecule has 0 saturated heterocycles. The van der Waals surface area contributed by atoms with Gasteiger partial charge in [0.05, 0.1) is 0 Å². The quantitative estimate of drug-likeness (QED) is 0.657. The Kier molecular flexibility index (Phi) is 4.08. The van der Waals surface area contributed by atoms with Crippen molar-refractivity contribution in [2.45, 2.75) is 24.5 Å². The molecule has 2 unspecified atom stereocenters. The molecule has 0 aliphatic heterocycles. The predicted molar refractivity (Wildman–Crippen MR) is 98.6 cm³/mol. The summed E-state index contributed by atoms with van der Waals surface area (Å²) >= 11 is -0.390. The topological polar surface area (TPSA) is 49.6 Å². The second kappa shape index (κ2) is 6.38. The maximum atomic E-state index is 9.45. The summed E-state index contributed by atoms with van der Waals surface area (Å²) in [5.74, 6) is 0.864. The Morgan fingerprint density at radius 1 is 1.08 bits per heavy atom. The van der Waals surface area contributed by atoms with Gasteiger partial charge in [-0.25, -0.2) is 0 Å². The van der Waals surface area contributed by atoms with E-state index < -0.39 is 0 Å². The molecule has 0 radical (unpaired) electrons. The fourth-order valence-corrected chi connectivity index (χ4v) is 6.51. The third-order valence-corrected chi connectivity index (χ3v) is 8.29. The van der Waals surface area contributed by atoms with Gasteiger partial charge in [-0.2, -0.15) is 0 Å². The van der Waals surface area contributed by atoms with Crippen LogP contribution in [0.1, 0.15) is 25.5 Å². The first-order valence-corrected chi connectivity index (χ1v) is 10.5. The van der Waals surface area contributed by atoms with E-state index in [9.17, 15) is 5.26 Å². The molecule has 0 N–H and O–H groups in total. The number of benzene rings is 2. The molecule has 1 heterocycles. The average molecular weight is 375 g/mol. The normalized spacial score (nSPS) is 15.7. The molecule has 3 nitrogen and oxygen atoms in total. The molecule has 1 aromatic heterocycles. The Balaban J connectivity index is 1.80. The van der Waals surface area contributed by atoms with E-state index in [0.29, 0.717) is 5.69 Å². The van der Waals surface area contributed by atoms with Crippen LogP contribution in [0, 0.1) is 17.2 Å². The van der Waals surface area contributed by atoms with Crippen molar-refractivity contribution in [1.82, 2.24) is 10.2 Å². The summed E-state index contributed by atoms with van der Waals surface area (Å²) in [6, 6.07) is 18.9. The van der Waals surface area contributed by atoms with Crippen molar-refractivity contribution in [1.29, 1.82) is 5.26 Å². The van der Waals surface area contributed by atoms with Crippen LogP contribution in [0.4, 0.5) is 0 Å². The van der Waals surface area contributed by atoms with Crippen molar-refractivity contribution < 1.29 is 0 Å². The van der Waals surface area contributed by atoms with E-state index in [1.54, 1.807) is 0 Å². The third kappa shape index (κ3) is 2.95. The number of nitrogens with zero attached hydrogens (tertiary/aromatic N) is 3. The van der Waals surface area contributed by atoms with Crippen LogP contribution in [-0.4, -0.2) is 25.9 Å². The van der Waals surface area contributed by atoms with Gasteiger partial charge in [0.2, 0.25) is 0 Å². The van der Waals surface area contributed by atoms with Crippen LogP contribution in [-0.2, 0) is 0 Å². The molecule has 1 aliphatic carbocycles. The van der Waals surface area contributed by atoms with E-state index in [-0.39, 0.29) is 15.8 Å². The first kappa shape index (κ1) is 15.4. The van der Waals surface area contributed by atoms with Gasteiger partial charge in [-0.05, 0) is 0 Å². The monoisotopic (exact) mass is 375 g/mol. The number of rotatable bonds is 4. The third-order valence-electron chi connectivity index (χ3n) is 4.68. The molecule has 0 spiro atoms. The molecule has 4 heteroatoms. The number of aromatic nitrogens is 2. The van der Waals surface area contributed by atoms with Crippen LogP contribution < -0.4 is 4.35 Å². The molecule has 3 aromatic rings. The number of fused-ring (bicyclic) bond motifs is 1. The average Bonchev–Trinajstić information content (AvgIpc) is 3.47. The van der Waals surface area contributed by atoms with Crippen molar-refractivity contribution >= 4 is 31.0 Å². The first-order valence-electron chi connectivity index (χ1n) is 8.29. The van der Waals surface area contributed by atoms with Gasteiger partial charge in [0, 0.05) is 0 Å². The van der Waals surface area contributed by atoms with Gasteiger partial charge in [-0.15, -0.1) is 0 Å². The minimum atomic E-state index is -0.390. The summed E-state index contributed by atoms with van der Waals surface area (Å²) in [6.45, 7) is 2.34. The van der Waals surface area contributed by atoms with Crippen LogP contribution in [0.5, 0.6) is 0 Å². The van der Waals surface area contributed by atoms with Gasteiger partial charge in [-0.3, -0.25) is 0 Å². The Bertz CT molecular complexity index is 927. The zero-order valence-electron chi connectivity index (χ0n) is 13.5. The number of hydrogen-bond donors (Lipinski definition) is 0. The molecular weight excluding hydrogens is 357 g/mol. The summed E-state index contributed by atoms with van der Waals surface area (Å²) in [5, 5.41) is 19.1. The summed E-state index contributed by atoms with van der Waals surface area (Å²) in [4.78, 5) is 0. The van der Waals surface area contributed by atoms with Gasteiger partial charge in [-0.1, -0.05) is 0 Å². The summed E-state index contributed by atoms with van der Waals surface area (Å²) in [6.07, 6.45) is 2.70. The van der Waals surface area contributed by atoms with Crippen LogP contribution >= 0.6 is 0 Å². The van der Waals surface area contributed by atoms with Gasteiger partial charge >= 0.3 is 148 Å². The van der Waals surface area contributed by atoms with Gasteiger partial charge in [0.15, 0.2) is 0 Å². The van der Waals surface area contributed by atoms with Crippen molar-refractivity contribution in [3.8, 4) is 17.2 Å². The molecule has 24 heavy (non-hydrogen) atoms. The van der Waals surface area contributed by atoms with Crippen LogP contribution in [0.15, 0.2) is 48.5 Å². The van der Waals surface area contributed by atoms with Crippen LogP contribution in [0.2, 0.25) is 4.71 Å². The second-order valence-electron chi connectivity index (χ2n) is 6.40. The SMILES string of the molecule is CC([AsH]c1c(C#N)nnc2cc(-c3ccccc3)ccc12)C1CC1. The van der Waals surface area contributed by atoms with Crippen molar-refractivity contribution in [3.05, 3.63) is 54.2 Å². The van der Waals surface area contributed by atoms with Crippen molar-refractivity contribution in [2.24, 2.45) is 5.92 Å². The molecule has 1 saturated carbocycles. The van der Waals surface area contributed by atoms with E-state index in [4.69, 9.17) is 0 Å². The molecule has 0 bridgehead atoms. The zero-order valence-corrected chi connectivity index (χ0v) is 15.6. The maximum absolute atomic E-state index is 9.45. The summed E-state index contributed by atoms with van der Waals surface area (Å²) in [5.41, 5.74) is 3.75. The van der Waals surface area contributed by atoms with E-state index in [2.05, 4.69) is 53.5 Å². The van der Waals surface area contributed by atoms with E-state index in [1.807, 2.05) is 18.2 Å². The Labute approximate surface area is 148 Å². The zero-order chi connectivity index (χ0) is 16.5. The molecule has 1 aliphatic rings. The molecule has 2 atom stereocenters. The van der Waals surface area contributed by atoms with Gasteiger partial charge in [0.25, 0.3) is 0 Å². The van der Waals surface area contributed by atoms with Crippen molar-refractivity contribution in [3.63, 3.8) is 0 Å². The molecule has 2 aromatic carbocycles. The Morgan fingerprint density at radius 3 is 2.58 bits per heavy atom. The fraction of sp³-hybridized carbons (Fsp3) is 0.250. The number of hydrogen-bond acceptors (Lipinski definition) is 3. The minimum absolute atomic E-state index is 0.390. The standard InChI is InChI=1S/C20H18AsN3/c1-13(14-7-8-14)21-20-17-10-9-16(15-5-3-2-4-6-15)11-18(17)23-24-19(20)12-22/h2-6,9-11,13-14,21H,7-8H2,1H3. The van der Waals surface area contributed by atoms with Gasteiger partial charge < -0.3 is 0 Å². The van der Waals surface area contributed by atoms with Crippen molar-refractivity contribution in [2.75, 3.05) is 0 Å². The predicted octanol–water partition coefficient (Wildman–Crippen LogP) is 3.45.